The minimum absolute atomic E-state index is 0.386. The van der Waals surface area contributed by atoms with Gasteiger partial charge < -0.3 is 5.32 Å². The van der Waals surface area contributed by atoms with Crippen LogP contribution in [0.15, 0.2) is 17.5 Å². The zero-order valence-corrected chi connectivity index (χ0v) is 13.9. The lowest BCUT2D eigenvalue weighted by Crippen LogP contribution is -2.22. The van der Waals surface area contributed by atoms with E-state index in [0.717, 1.165) is 18.7 Å². The Balaban J connectivity index is 1.96. The maximum atomic E-state index is 4.51. The molecule has 1 aromatic heterocycles. The number of aromatic nitrogens is 1. The topological polar surface area (TPSA) is 24.9 Å². The third-order valence-corrected chi connectivity index (χ3v) is 4.65. The molecule has 2 nitrogen and oxygen atoms in total. The molecule has 1 N–H and O–H groups in total. The molecule has 0 radical (unpaired) electrons. The highest BCUT2D eigenvalue weighted by atomic mass is 32.1. The van der Waals surface area contributed by atoms with E-state index < -0.39 is 0 Å². The third kappa shape index (κ3) is 3.68. The van der Waals surface area contributed by atoms with Gasteiger partial charge in [-0.2, -0.15) is 0 Å². The van der Waals surface area contributed by atoms with Gasteiger partial charge in [-0.15, -0.1) is 11.3 Å². The molecule has 0 aliphatic heterocycles. The maximum Gasteiger partial charge on any atom is 0.0940 e. The van der Waals surface area contributed by atoms with Crippen molar-refractivity contribution < 1.29 is 0 Å². The molecule has 0 aliphatic carbocycles. The predicted octanol–water partition coefficient (Wildman–Crippen LogP) is 4.27. The summed E-state index contributed by atoms with van der Waals surface area (Å²) in [6.45, 7) is 11.8. The standard InChI is InChI=1S/C17H24N2S/c1-11-8-12(2)17(13(3)9-11)15(5)18-7-6-16-19-14(4)10-20-16/h8-10,15,18H,6-7H2,1-5H3. The number of nitrogens with one attached hydrogen (secondary N) is 1. The summed E-state index contributed by atoms with van der Waals surface area (Å²) < 4.78 is 0. The molecule has 1 unspecified atom stereocenters. The number of rotatable bonds is 5. The first-order valence-corrected chi connectivity index (χ1v) is 8.07. The van der Waals surface area contributed by atoms with Crippen LogP contribution in [0.3, 0.4) is 0 Å². The molecule has 0 aliphatic rings. The summed E-state index contributed by atoms with van der Waals surface area (Å²) in [5, 5.41) is 6.96. The Kier molecular flexibility index (Phi) is 4.95. The minimum atomic E-state index is 0.386. The molecule has 1 atom stereocenters. The van der Waals surface area contributed by atoms with Crippen molar-refractivity contribution in [1.82, 2.24) is 10.3 Å². The lowest BCUT2D eigenvalue weighted by atomic mass is 9.95. The SMILES string of the molecule is Cc1cc(C)c(C(C)NCCc2nc(C)cs2)c(C)c1. The fraction of sp³-hybridized carbons (Fsp3) is 0.471. The van der Waals surface area contributed by atoms with Crippen LogP contribution in [-0.4, -0.2) is 11.5 Å². The van der Waals surface area contributed by atoms with Crippen molar-refractivity contribution in [2.75, 3.05) is 6.54 Å². The molecule has 0 saturated carbocycles. The summed E-state index contributed by atoms with van der Waals surface area (Å²) in [6.07, 6.45) is 1.01. The van der Waals surface area contributed by atoms with Crippen molar-refractivity contribution in [3.8, 4) is 0 Å². The quantitative estimate of drug-likeness (QED) is 0.888. The molecule has 0 saturated heterocycles. The number of aryl methyl sites for hydroxylation is 4. The van der Waals surface area contributed by atoms with Gasteiger partial charge in [0.2, 0.25) is 0 Å². The Hall–Kier alpha value is -1.19. The summed E-state index contributed by atoms with van der Waals surface area (Å²) >= 11 is 1.75. The number of nitrogens with zero attached hydrogens (tertiary/aromatic N) is 1. The number of thiazole rings is 1. The Bertz CT molecular complexity index is 563. The van der Waals surface area contributed by atoms with Crippen molar-refractivity contribution in [3.05, 3.63) is 50.5 Å². The minimum Gasteiger partial charge on any atom is -0.310 e. The van der Waals surface area contributed by atoms with E-state index in [0.29, 0.717) is 6.04 Å². The largest absolute Gasteiger partial charge is 0.310 e. The van der Waals surface area contributed by atoms with Gasteiger partial charge in [-0.25, -0.2) is 4.98 Å². The van der Waals surface area contributed by atoms with Crippen molar-refractivity contribution in [3.63, 3.8) is 0 Å². The smallest absolute Gasteiger partial charge is 0.0940 e. The molecule has 20 heavy (non-hydrogen) atoms. The van der Waals surface area contributed by atoms with E-state index in [1.165, 1.54) is 27.3 Å². The molecule has 1 aromatic carbocycles. The van der Waals surface area contributed by atoms with Crippen LogP contribution in [0.2, 0.25) is 0 Å². The van der Waals surface area contributed by atoms with E-state index in [2.05, 4.69) is 62.4 Å². The van der Waals surface area contributed by atoms with Gasteiger partial charge in [0.15, 0.2) is 0 Å². The lowest BCUT2D eigenvalue weighted by molar-refractivity contribution is 0.571. The second kappa shape index (κ2) is 6.51. The van der Waals surface area contributed by atoms with Crippen LogP contribution in [0.25, 0.3) is 0 Å². The molecule has 2 aromatic rings. The van der Waals surface area contributed by atoms with E-state index in [9.17, 15) is 0 Å². The van der Waals surface area contributed by atoms with Crippen LogP contribution in [0.4, 0.5) is 0 Å². The van der Waals surface area contributed by atoms with Crippen LogP contribution in [-0.2, 0) is 6.42 Å². The zero-order valence-electron chi connectivity index (χ0n) is 13.1. The van der Waals surface area contributed by atoms with Gasteiger partial charge in [0.25, 0.3) is 0 Å². The second-order valence-electron chi connectivity index (χ2n) is 5.62. The average Bonchev–Trinajstić information content (AvgIpc) is 2.73. The Morgan fingerprint density at radius 3 is 2.35 bits per heavy atom. The van der Waals surface area contributed by atoms with Crippen LogP contribution in [0.1, 0.15) is 45.9 Å². The van der Waals surface area contributed by atoms with Gasteiger partial charge in [0.1, 0.15) is 0 Å². The van der Waals surface area contributed by atoms with E-state index in [4.69, 9.17) is 0 Å². The lowest BCUT2D eigenvalue weighted by Gasteiger charge is -2.19. The molecule has 0 amide bonds. The Morgan fingerprint density at radius 2 is 1.80 bits per heavy atom. The third-order valence-electron chi connectivity index (χ3n) is 3.63. The zero-order chi connectivity index (χ0) is 14.7. The first-order chi connectivity index (χ1) is 9.47. The maximum absolute atomic E-state index is 4.51. The van der Waals surface area contributed by atoms with E-state index in [-0.39, 0.29) is 0 Å². The van der Waals surface area contributed by atoms with Gasteiger partial charge >= 0.3 is 0 Å². The first-order valence-electron chi connectivity index (χ1n) is 7.19. The van der Waals surface area contributed by atoms with E-state index >= 15 is 0 Å². The summed E-state index contributed by atoms with van der Waals surface area (Å²) in [5.74, 6) is 0. The molecule has 0 bridgehead atoms. The number of benzene rings is 1. The summed E-state index contributed by atoms with van der Waals surface area (Å²) in [4.78, 5) is 4.51. The molecule has 108 valence electrons. The van der Waals surface area contributed by atoms with Crippen LogP contribution in [0.5, 0.6) is 0 Å². The highest BCUT2D eigenvalue weighted by Gasteiger charge is 2.11. The summed E-state index contributed by atoms with van der Waals surface area (Å²) in [6, 6.07) is 4.92. The predicted molar refractivity (Wildman–Crippen MR) is 87.6 cm³/mol. The van der Waals surface area contributed by atoms with Crippen molar-refractivity contribution in [2.45, 2.75) is 47.1 Å². The van der Waals surface area contributed by atoms with Crippen molar-refractivity contribution in [1.29, 1.82) is 0 Å². The first kappa shape index (κ1) is 15.2. The summed E-state index contributed by atoms with van der Waals surface area (Å²) in [5.41, 5.74) is 6.67. The van der Waals surface area contributed by atoms with E-state index in [1.54, 1.807) is 11.3 Å². The van der Waals surface area contributed by atoms with Crippen LogP contribution in [0, 0.1) is 27.7 Å². The average molecular weight is 288 g/mol. The van der Waals surface area contributed by atoms with Crippen LogP contribution < -0.4 is 5.32 Å². The Labute approximate surface area is 126 Å². The van der Waals surface area contributed by atoms with Gasteiger partial charge in [-0.05, 0) is 51.3 Å². The fourth-order valence-electron chi connectivity index (χ4n) is 2.89. The molecule has 1 heterocycles. The normalized spacial score (nSPS) is 12.7. The van der Waals surface area contributed by atoms with Gasteiger partial charge in [-0.3, -0.25) is 0 Å². The molecule has 2 rings (SSSR count). The van der Waals surface area contributed by atoms with E-state index in [1.807, 2.05) is 0 Å². The van der Waals surface area contributed by atoms with Gasteiger partial charge in [-0.1, -0.05) is 17.7 Å². The second-order valence-corrected chi connectivity index (χ2v) is 6.56. The highest BCUT2D eigenvalue weighted by molar-refractivity contribution is 7.09. The highest BCUT2D eigenvalue weighted by Crippen LogP contribution is 2.23. The number of hydrogen-bond acceptors (Lipinski definition) is 3. The fourth-order valence-corrected chi connectivity index (χ4v) is 3.67. The molecule has 0 spiro atoms. The molecule has 3 heteroatoms. The van der Waals surface area contributed by atoms with Crippen molar-refractivity contribution >= 4 is 11.3 Å². The van der Waals surface area contributed by atoms with Gasteiger partial charge in [0, 0.05) is 30.1 Å². The van der Waals surface area contributed by atoms with Gasteiger partial charge in [0.05, 0.1) is 5.01 Å². The monoisotopic (exact) mass is 288 g/mol. The van der Waals surface area contributed by atoms with Crippen LogP contribution >= 0.6 is 11.3 Å². The number of hydrogen-bond donors (Lipinski definition) is 1. The van der Waals surface area contributed by atoms with Crippen molar-refractivity contribution in [2.24, 2.45) is 0 Å². The summed E-state index contributed by atoms with van der Waals surface area (Å²) in [7, 11) is 0. The molecular weight excluding hydrogens is 264 g/mol. The Morgan fingerprint density at radius 1 is 1.15 bits per heavy atom. The molecule has 0 fully saturated rings. The molecular formula is C17H24N2S.